The van der Waals surface area contributed by atoms with Crippen molar-refractivity contribution in [2.45, 2.75) is 13.0 Å². The lowest BCUT2D eigenvalue weighted by Crippen LogP contribution is -2.33. The first kappa shape index (κ1) is 20.5. The third-order valence-corrected chi connectivity index (χ3v) is 4.02. The minimum atomic E-state index is -0.794. The van der Waals surface area contributed by atoms with E-state index in [2.05, 4.69) is 10.6 Å². The molecule has 7 heteroatoms. The van der Waals surface area contributed by atoms with Gasteiger partial charge in [-0.3, -0.25) is 14.5 Å². The number of rotatable bonds is 7. The number of amides is 2. The van der Waals surface area contributed by atoms with Crippen molar-refractivity contribution in [2.75, 3.05) is 38.4 Å². The Hall–Kier alpha value is -2.77. The highest BCUT2D eigenvalue weighted by molar-refractivity contribution is 5.98. The van der Waals surface area contributed by atoms with E-state index in [1.165, 1.54) is 13.2 Å². The van der Waals surface area contributed by atoms with Gasteiger partial charge in [-0.15, -0.1) is 0 Å². The lowest BCUT2D eigenvalue weighted by Gasteiger charge is -2.24. The van der Waals surface area contributed by atoms with Crippen LogP contribution in [0.4, 0.5) is 15.8 Å². The fraction of sp³-hybridized carbons (Fsp3) is 0.300. The molecule has 0 spiro atoms. The molecule has 0 saturated carbocycles. The Morgan fingerprint density at radius 1 is 1.15 bits per heavy atom. The van der Waals surface area contributed by atoms with E-state index < -0.39 is 11.9 Å². The van der Waals surface area contributed by atoms with Gasteiger partial charge in [-0.2, -0.15) is 0 Å². The van der Waals surface area contributed by atoms with Crippen molar-refractivity contribution >= 4 is 23.2 Å². The molecule has 1 atom stereocenters. The summed E-state index contributed by atoms with van der Waals surface area (Å²) >= 11 is 0. The van der Waals surface area contributed by atoms with Gasteiger partial charge in [0.1, 0.15) is 18.5 Å². The normalized spacial score (nSPS) is 11.9. The third-order valence-electron chi connectivity index (χ3n) is 4.02. The van der Waals surface area contributed by atoms with Gasteiger partial charge in [-0.1, -0.05) is 24.3 Å². The smallest absolute Gasteiger partial charge is 0.250 e. The number of carbonyl (C=O) groups excluding carboxylic acids is 2. The summed E-state index contributed by atoms with van der Waals surface area (Å²) in [7, 11) is 4.86. The van der Waals surface area contributed by atoms with Crippen LogP contribution in [0.5, 0.6) is 0 Å². The van der Waals surface area contributed by atoms with Crippen LogP contribution in [-0.4, -0.2) is 44.5 Å². The van der Waals surface area contributed by atoms with Gasteiger partial charge >= 0.3 is 0 Å². The Labute approximate surface area is 158 Å². The fourth-order valence-electron chi connectivity index (χ4n) is 2.71. The van der Waals surface area contributed by atoms with Crippen molar-refractivity contribution < 1.29 is 18.7 Å². The molecule has 0 aromatic heterocycles. The number of hydrogen-bond donors (Lipinski definition) is 2. The molecule has 144 valence electrons. The van der Waals surface area contributed by atoms with Crippen molar-refractivity contribution in [1.82, 2.24) is 4.90 Å². The second-order valence-electron chi connectivity index (χ2n) is 6.39. The van der Waals surface area contributed by atoms with Gasteiger partial charge in [0.2, 0.25) is 11.8 Å². The zero-order chi connectivity index (χ0) is 20.0. The molecule has 6 nitrogen and oxygen atoms in total. The number of nitrogens with zero attached hydrogens (tertiary/aromatic N) is 1. The highest BCUT2D eigenvalue weighted by atomic mass is 19.1. The first-order chi connectivity index (χ1) is 12.8. The van der Waals surface area contributed by atoms with Crippen LogP contribution in [0, 0.1) is 12.7 Å². The number of halogens is 1. The summed E-state index contributed by atoms with van der Waals surface area (Å²) in [5, 5.41) is 5.52. The summed E-state index contributed by atoms with van der Waals surface area (Å²) in [5.41, 5.74) is 2.19. The van der Waals surface area contributed by atoms with Crippen LogP contribution in [0.15, 0.2) is 42.5 Å². The topological polar surface area (TPSA) is 70.7 Å². The molecule has 0 fully saturated rings. The van der Waals surface area contributed by atoms with Gasteiger partial charge in [0.25, 0.3) is 0 Å². The molecule has 2 rings (SSSR count). The molecule has 2 N–H and O–H groups in total. The zero-order valence-electron chi connectivity index (χ0n) is 15.9. The van der Waals surface area contributed by atoms with Crippen LogP contribution in [0.2, 0.25) is 0 Å². The molecule has 0 heterocycles. The highest BCUT2D eigenvalue weighted by Crippen LogP contribution is 2.26. The summed E-state index contributed by atoms with van der Waals surface area (Å²) in [5.74, 6) is -1.10. The van der Waals surface area contributed by atoms with E-state index >= 15 is 0 Å². The first-order valence-electron chi connectivity index (χ1n) is 8.44. The third kappa shape index (κ3) is 5.35. The molecule has 1 unspecified atom stereocenters. The van der Waals surface area contributed by atoms with E-state index in [0.717, 1.165) is 5.56 Å². The Morgan fingerprint density at radius 2 is 1.85 bits per heavy atom. The van der Waals surface area contributed by atoms with E-state index in [9.17, 15) is 14.0 Å². The van der Waals surface area contributed by atoms with Crippen molar-refractivity contribution in [1.29, 1.82) is 0 Å². The van der Waals surface area contributed by atoms with Gasteiger partial charge in [0.05, 0.1) is 0 Å². The van der Waals surface area contributed by atoms with Gasteiger partial charge in [0.15, 0.2) is 0 Å². The van der Waals surface area contributed by atoms with Crippen LogP contribution in [-0.2, 0) is 14.3 Å². The predicted molar refractivity (Wildman–Crippen MR) is 103 cm³/mol. The van der Waals surface area contributed by atoms with E-state index in [-0.39, 0.29) is 18.4 Å². The maximum absolute atomic E-state index is 14.2. The summed E-state index contributed by atoms with van der Waals surface area (Å²) in [6.07, 6.45) is 0. The Morgan fingerprint density at radius 3 is 2.48 bits per heavy atom. The maximum atomic E-state index is 14.2. The Kier molecular flexibility index (Phi) is 7.04. The van der Waals surface area contributed by atoms with E-state index in [4.69, 9.17) is 4.74 Å². The molecule has 0 saturated heterocycles. The summed E-state index contributed by atoms with van der Waals surface area (Å²) < 4.78 is 19.0. The lowest BCUT2D eigenvalue weighted by atomic mass is 10.0. The largest absolute Gasteiger partial charge is 0.375 e. The number of nitrogens with one attached hydrogen (secondary N) is 2. The molecule has 0 radical (unpaired) electrons. The first-order valence-corrected chi connectivity index (χ1v) is 8.44. The summed E-state index contributed by atoms with van der Waals surface area (Å²) in [6.45, 7) is 1.77. The molecule has 27 heavy (non-hydrogen) atoms. The minimum absolute atomic E-state index is 0.0639. The number of benzene rings is 2. The summed E-state index contributed by atoms with van der Waals surface area (Å²) in [4.78, 5) is 26.2. The van der Waals surface area contributed by atoms with Crippen LogP contribution in [0.3, 0.4) is 0 Å². The number of likely N-dealkylation sites (N-methyl/N-ethyl adjacent to an activating group) is 1. The molecule has 0 aliphatic rings. The average molecular weight is 373 g/mol. The van der Waals surface area contributed by atoms with Gasteiger partial charge in [-0.25, -0.2) is 4.39 Å². The van der Waals surface area contributed by atoms with Crippen LogP contribution >= 0.6 is 0 Å². The molecule has 0 aliphatic carbocycles. The van der Waals surface area contributed by atoms with Crippen LogP contribution in [0.25, 0.3) is 0 Å². The SMILES string of the molecule is COCC(=O)Nc1ccc(C)c(NC(=O)C(c2ccccc2F)N(C)C)c1. The highest BCUT2D eigenvalue weighted by Gasteiger charge is 2.26. The number of aryl methyl sites for hydroxylation is 1. The maximum Gasteiger partial charge on any atom is 0.250 e. The monoisotopic (exact) mass is 373 g/mol. The van der Waals surface area contributed by atoms with Gasteiger partial charge in [-0.05, 0) is 44.8 Å². The van der Waals surface area contributed by atoms with E-state index in [0.29, 0.717) is 16.9 Å². The quantitative estimate of drug-likeness (QED) is 0.783. The van der Waals surface area contributed by atoms with Gasteiger partial charge in [0, 0.05) is 24.0 Å². The van der Waals surface area contributed by atoms with Crippen LogP contribution < -0.4 is 10.6 Å². The zero-order valence-corrected chi connectivity index (χ0v) is 15.9. The second-order valence-corrected chi connectivity index (χ2v) is 6.39. The molecule has 2 aromatic carbocycles. The molecule has 2 aromatic rings. The summed E-state index contributed by atoms with van der Waals surface area (Å²) in [6, 6.07) is 10.6. The number of methoxy groups -OCH3 is 1. The van der Waals surface area contributed by atoms with Gasteiger partial charge < -0.3 is 15.4 Å². The molecule has 0 bridgehead atoms. The molecule has 2 amide bonds. The van der Waals surface area contributed by atoms with Crippen molar-refractivity contribution in [2.24, 2.45) is 0 Å². The van der Waals surface area contributed by atoms with Crippen LogP contribution in [0.1, 0.15) is 17.2 Å². The lowest BCUT2D eigenvalue weighted by molar-refractivity contribution is -0.121. The Balaban J connectivity index is 2.25. The predicted octanol–water partition coefficient (Wildman–Crippen LogP) is 2.96. The van der Waals surface area contributed by atoms with Crippen molar-refractivity contribution in [3.63, 3.8) is 0 Å². The van der Waals surface area contributed by atoms with E-state index in [1.807, 2.05) is 6.92 Å². The minimum Gasteiger partial charge on any atom is -0.375 e. The second kappa shape index (κ2) is 9.25. The van der Waals surface area contributed by atoms with Crippen molar-refractivity contribution in [3.8, 4) is 0 Å². The van der Waals surface area contributed by atoms with E-state index in [1.54, 1.807) is 55.4 Å². The molecular weight excluding hydrogens is 349 g/mol. The number of hydrogen-bond acceptors (Lipinski definition) is 4. The number of carbonyl (C=O) groups is 2. The number of ether oxygens (including phenoxy) is 1. The molecular formula is C20H24FN3O3. The van der Waals surface area contributed by atoms with Crippen molar-refractivity contribution in [3.05, 3.63) is 59.4 Å². The Bertz CT molecular complexity index is 824. The number of anilines is 2. The standard InChI is InChI=1S/C20H24FN3O3/c1-13-9-10-14(22-18(25)12-27-4)11-17(13)23-20(26)19(24(2)3)15-7-5-6-8-16(15)21/h5-11,19H,12H2,1-4H3,(H,22,25)(H,23,26). The fourth-order valence-corrected chi connectivity index (χ4v) is 2.71. The molecule has 0 aliphatic heterocycles. The average Bonchev–Trinajstić information content (AvgIpc) is 2.59.